The zero-order valence-electron chi connectivity index (χ0n) is 11.6. The lowest BCUT2D eigenvalue weighted by Crippen LogP contribution is -2.23. The highest BCUT2D eigenvalue weighted by atomic mass is 16.2. The van der Waals surface area contributed by atoms with Crippen LogP contribution in [-0.4, -0.2) is 29.9 Å². The van der Waals surface area contributed by atoms with Gasteiger partial charge in [-0.3, -0.25) is 9.78 Å². The molecule has 5 nitrogen and oxygen atoms in total. The number of aromatic nitrogens is 1. The number of amides is 1. The number of nitrogens with one attached hydrogen (secondary N) is 1. The quantitative estimate of drug-likeness (QED) is 0.833. The molecule has 0 saturated heterocycles. The van der Waals surface area contributed by atoms with Crippen LogP contribution in [0.1, 0.15) is 15.9 Å². The molecule has 0 saturated carbocycles. The fourth-order valence-corrected chi connectivity index (χ4v) is 1.84. The van der Waals surface area contributed by atoms with Crippen molar-refractivity contribution in [3.63, 3.8) is 0 Å². The number of anilines is 2. The van der Waals surface area contributed by atoms with Crippen molar-refractivity contribution in [2.45, 2.75) is 6.54 Å². The van der Waals surface area contributed by atoms with E-state index in [-0.39, 0.29) is 5.91 Å². The first kappa shape index (κ1) is 13.9. The summed E-state index contributed by atoms with van der Waals surface area (Å²) in [6, 6.07) is 9.09. The summed E-state index contributed by atoms with van der Waals surface area (Å²) in [5, 5.41) is 3.24. The molecule has 0 bridgehead atoms. The Morgan fingerprint density at radius 2 is 2.15 bits per heavy atom. The van der Waals surface area contributed by atoms with Crippen LogP contribution < -0.4 is 11.1 Å². The Balaban J connectivity index is 2.21. The van der Waals surface area contributed by atoms with Gasteiger partial charge in [-0.05, 0) is 29.8 Å². The largest absolute Gasteiger partial charge is 0.399 e. The molecule has 104 valence electrons. The van der Waals surface area contributed by atoms with Crippen molar-refractivity contribution in [1.29, 1.82) is 0 Å². The first-order chi connectivity index (χ1) is 9.58. The second-order valence-corrected chi connectivity index (χ2v) is 4.72. The van der Waals surface area contributed by atoms with E-state index in [1.807, 2.05) is 12.1 Å². The summed E-state index contributed by atoms with van der Waals surface area (Å²) in [5.74, 6) is -0.0568. The standard InChI is InChI=1S/C15H18N4O/c1-19(2)15(20)13-6-5-12(16)8-14(13)18-10-11-4-3-7-17-9-11/h3-9,18H,10,16H2,1-2H3. The van der Waals surface area contributed by atoms with Crippen molar-refractivity contribution >= 4 is 17.3 Å². The first-order valence-corrected chi connectivity index (χ1v) is 6.32. The molecule has 2 aromatic rings. The number of rotatable bonds is 4. The highest BCUT2D eigenvalue weighted by Gasteiger charge is 2.13. The molecule has 0 fully saturated rings. The lowest BCUT2D eigenvalue weighted by Gasteiger charge is -2.16. The van der Waals surface area contributed by atoms with Gasteiger partial charge in [-0.15, -0.1) is 0 Å². The van der Waals surface area contributed by atoms with Gasteiger partial charge in [0.15, 0.2) is 0 Å². The molecule has 1 aromatic carbocycles. The number of carbonyl (C=O) groups is 1. The number of benzene rings is 1. The van der Waals surface area contributed by atoms with Gasteiger partial charge in [0.25, 0.3) is 5.91 Å². The molecule has 5 heteroatoms. The van der Waals surface area contributed by atoms with Gasteiger partial charge < -0.3 is 16.0 Å². The van der Waals surface area contributed by atoms with E-state index in [1.54, 1.807) is 49.6 Å². The highest BCUT2D eigenvalue weighted by molar-refractivity contribution is 5.99. The molecule has 1 heterocycles. The molecule has 0 atom stereocenters. The Morgan fingerprint density at radius 1 is 1.35 bits per heavy atom. The predicted octanol–water partition coefficient (Wildman–Crippen LogP) is 1.98. The summed E-state index contributed by atoms with van der Waals surface area (Å²) in [6.07, 6.45) is 3.51. The summed E-state index contributed by atoms with van der Waals surface area (Å²) < 4.78 is 0. The third-order valence-electron chi connectivity index (χ3n) is 2.89. The monoisotopic (exact) mass is 270 g/mol. The Kier molecular flexibility index (Phi) is 4.20. The van der Waals surface area contributed by atoms with Gasteiger partial charge >= 0.3 is 0 Å². The van der Waals surface area contributed by atoms with E-state index >= 15 is 0 Å². The minimum Gasteiger partial charge on any atom is -0.399 e. The number of nitrogen functional groups attached to an aromatic ring is 1. The third kappa shape index (κ3) is 3.26. The van der Waals surface area contributed by atoms with Gasteiger partial charge in [0.05, 0.1) is 5.56 Å². The minimum atomic E-state index is -0.0568. The molecule has 0 aliphatic heterocycles. The molecule has 0 unspecified atom stereocenters. The minimum absolute atomic E-state index is 0.0568. The van der Waals surface area contributed by atoms with Gasteiger partial charge in [0.2, 0.25) is 0 Å². The SMILES string of the molecule is CN(C)C(=O)c1ccc(N)cc1NCc1cccnc1. The number of pyridine rings is 1. The lowest BCUT2D eigenvalue weighted by molar-refractivity contribution is 0.0828. The summed E-state index contributed by atoms with van der Waals surface area (Å²) >= 11 is 0. The van der Waals surface area contributed by atoms with Crippen LogP contribution in [0.25, 0.3) is 0 Å². The fourth-order valence-electron chi connectivity index (χ4n) is 1.84. The molecular formula is C15H18N4O. The average Bonchev–Trinajstić information content (AvgIpc) is 2.45. The van der Waals surface area contributed by atoms with Crippen LogP contribution in [-0.2, 0) is 6.54 Å². The summed E-state index contributed by atoms with van der Waals surface area (Å²) in [5.41, 5.74) is 8.79. The van der Waals surface area contributed by atoms with E-state index in [9.17, 15) is 4.79 Å². The van der Waals surface area contributed by atoms with Gasteiger partial charge in [-0.1, -0.05) is 6.07 Å². The second kappa shape index (κ2) is 6.06. The molecule has 1 aromatic heterocycles. The van der Waals surface area contributed by atoms with Gasteiger partial charge in [0.1, 0.15) is 0 Å². The topological polar surface area (TPSA) is 71.2 Å². The molecule has 2 rings (SSSR count). The van der Waals surface area contributed by atoms with Crippen molar-refractivity contribution in [2.24, 2.45) is 0 Å². The predicted molar refractivity (Wildman–Crippen MR) is 80.4 cm³/mol. The molecule has 0 aliphatic rings. The van der Waals surface area contributed by atoms with Crippen molar-refractivity contribution in [3.05, 3.63) is 53.9 Å². The average molecular weight is 270 g/mol. The Morgan fingerprint density at radius 3 is 2.80 bits per heavy atom. The zero-order chi connectivity index (χ0) is 14.5. The summed E-state index contributed by atoms with van der Waals surface area (Å²) in [6.45, 7) is 0.588. The van der Waals surface area contributed by atoms with E-state index in [1.165, 1.54) is 0 Å². The molecule has 3 N–H and O–H groups in total. The van der Waals surface area contributed by atoms with Crippen molar-refractivity contribution in [1.82, 2.24) is 9.88 Å². The highest BCUT2D eigenvalue weighted by Crippen LogP contribution is 2.21. The van der Waals surface area contributed by atoms with E-state index < -0.39 is 0 Å². The van der Waals surface area contributed by atoms with Crippen LogP contribution in [0, 0.1) is 0 Å². The normalized spacial score (nSPS) is 10.1. The number of carbonyl (C=O) groups excluding carboxylic acids is 1. The molecule has 0 spiro atoms. The maximum absolute atomic E-state index is 12.1. The summed E-state index contributed by atoms with van der Waals surface area (Å²) in [4.78, 5) is 17.7. The maximum atomic E-state index is 12.1. The van der Waals surface area contributed by atoms with Gasteiger partial charge in [-0.25, -0.2) is 0 Å². The smallest absolute Gasteiger partial charge is 0.255 e. The number of hydrogen-bond donors (Lipinski definition) is 2. The van der Waals surface area contributed by atoms with Crippen LogP contribution in [0.4, 0.5) is 11.4 Å². The van der Waals surface area contributed by atoms with Crippen LogP contribution in [0.15, 0.2) is 42.7 Å². The van der Waals surface area contributed by atoms with Crippen LogP contribution in [0.5, 0.6) is 0 Å². The van der Waals surface area contributed by atoms with Crippen LogP contribution in [0.3, 0.4) is 0 Å². The number of nitrogens with two attached hydrogens (primary N) is 1. The van der Waals surface area contributed by atoms with Crippen molar-refractivity contribution < 1.29 is 4.79 Å². The van der Waals surface area contributed by atoms with E-state index in [4.69, 9.17) is 5.73 Å². The molecule has 0 aliphatic carbocycles. The van der Waals surface area contributed by atoms with Crippen molar-refractivity contribution in [2.75, 3.05) is 25.1 Å². The van der Waals surface area contributed by atoms with Crippen molar-refractivity contribution in [3.8, 4) is 0 Å². The van der Waals surface area contributed by atoms with E-state index in [0.29, 0.717) is 17.8 Å². The van der Waals surface area contributed by atoms with E-state index in [0.717, 1.165) is 11.3 Å². The second-order valence-electron chi connectivity index (χ2n) is 4.72. The zero-order valence-corrected chi connectivity index (χ0v) is 11.6. The Labute approximate surface area is 118 Å². The number of hydrogen-bond acceptors (Lipinski definition) is 4. The molecular weight excluding hydrogens is 252 g/mol. The van der Waals surface area contributed by atoms with Crippen LogP contribution >= 0.6 is 0 Å². The lowest BCUT2D eigenvalue weighted by atomic mass is 10.1. The third-order valence-corrected chi connectivity index (χ3v) is 2.89. The van der Waals surface area contributed by atoms with Gasteiger partial charge in [0, 0.05) is 44.4 Å². The van der Waals surface area contributed by atoms with Crippen LogP contribution in [0.2, 0.25) is 0 Å². The fraction of sp³-hybridized carbons (Fsp3) is 0.200. The number of nitrogens with zero attached hydrogens (tertiary/aromatic N) is 2. The van der Waals surface area contributed by atoms with E-state index in [2.05, 4.69) is 10.3 Å². The molecule has 20 heavy (non-hydrogen) atoms. The Hall–Kier alpha value is -2.56. The first-order valence-electron chi connectivity index (χ1n) is 6.32. The molecule has 1 amide bonds. The Bertz CT molecular complexity index is 596. The summed E-state index contributed by atoms with van der Waals surface area (Å²) in [7, 11) is 3.45. The molecule has 0 radical (unpaired) electrons. The van der Waals surface area contributed by atoms with Gasteiger partial charge in [-0.2, -0.15) is 0 Å². The maximum Gasteiger partial charge on any atom is 0.255 e.